The Morgan fingerprint density at radius 3 is 2.67 bits per heavy atom. The molecule has 92 valence electrons. The van der Waals surface area contributed by atoms with E-state index in [0.717, 1.165) is 29.4 Å². The highest BCUT2D eigenvalue weighted by Crippen LogP contribution is 2.43. The van der Waals surface area contributed by atoms with Crippen LogP contribution < -0.4 is 0 Å². The molecular formula is C14H13NO3. The summed E-state index contributed by atoms with van der Waals surface area (Å²) < 4.78 is 4.54. The summed E-state index contributed by atoms with van der Waals surface area (Å²) >= 11 is 0. The van der Waals surface area contributed by atoms with Crippen molar-refractivity contribution >= 4 is 22.7 Å². The van der Waals surface area contributed by atoms with Crippen LogP contribution in [0.25, 0.3) is 10.9 Å². The number of aromatic amines is 1. The molecule has 0 aliphatic heterocycles. The Morgan fingerprint density at radius 1 is 1.28 bits per heavy atom. The third-order valence-corrected chi connectivity index (χ3v) is 3.32. The Hall–Kier alpha value is -2.10. The van der Waals surface area contributed by atoms with Crippen LogP contribution in [-0.4, -0.2) is 23.8 Å². The van der Waals surface area contributed by atoms with E-state index in [9.17, 15) is 9.59 Å². The smallest absolute Gasteiger partial charge is 0.379 e. The number of hydrogen-bond acceptors (Lipinski definition) is 3. The van der Waals surface area contributed by atoms with Gasteiger partial charge in [-0.05, 0) is 24.8 Å². The Kier molecular flexibility index (Phi) is 2.44. The molecule has 1 aliphatic carbocycles. The van der Waals surface area contributed by atoms with Crippen LogP contribution in [0.2, 0.25) is 0 Å². The number of benzene rings is 1. The molecule has 1 aromatic carbocycles. The number of methoxy groups -OCH3 is 1. The summed E-state index contributed by atoms with van der Waals surface area (Å²) in [6.07, 6.45) is 2.13. The largest absolute Gasteiger partial charge is 0.463 e. The molecule has 4 nitrogen and oxygen atoms in total. The fraction of sp³-hybridized carbons (Fsp3) is 0.286. The average Bonchev–Trinajstić information content (AvgIpc) is 3.17. The molecule has 0 saturated heterocycles. The molecule has 0 amide bonds. The minimum atomic E-state index is -0.804. The van der Waals surface area contributed by atoms with Gasteiger partial charge in [0.25, 0.3) is 5.78 Å². The standard InChI is InChI=1S/C14H13NO3/c1-18-14(17)13(16)11-9-4-2-3-5-10(9)15-12(11)8-6-7-8/h2-5,8,15H,6-7H2,1H3. The molecular weight excluding hydrogens is 230 g/mol. The Bertz CT molecular complexity index is 638. The van der Waals surface area contributed by atoms with Crippen molar-refractivity contribution in [1.29, 1.82) is 0 Å². The number of carbonyl (C=O) groups excluding carboxylic acids is 2. The highest BCUT2D eigenvalue weighted by molar-refractivity contribution is 6.43. The van der Waals surface area contributed by atoms with Gasteiger partial charge in [-0.15, -0.1) is 0 Å². The van der Waals surface area contributed by atoms with Gasteiger partial charge in [0.2, 0.25) is 0 Å². The zero-order chi connectivity index (χ0) is 12.7. The number of H-pyrrole nitrogens is 1. The third kappa shape index (κ3) is 1.61. The van der Waals surface area contributed by atoms with Gasteiger partial charge in [0.05, 0.1) is 12.7 Å². The zero-order valence-corrected chi connectivity index (χ0v) is 10.0. The minimum absolute atomic E-state index is 0.376. The maximum Gasteiger partial charge on any atom is 0.379 e. The van der Waals surface area contributed by atoms with E-state index in [1.807, 2.05) is 24.3 Å². The number of Topliss-reactive ketones (excluding diaryl/α,β-unsaturated/α-hetero) is 1. The summed E-state index contributed by atoms with van der Waals surface area (Å²) in [5.74, 6) is -0.987. The second-order valence-corrected chi connectivity index (χ2v) is 4.55. The minimum Gasteiger partial charge on any atom is -0.463 e. The number of esters is 1. The van der Waals surface area contributed by atoms with Crippen LogP contribution in [0.5, 0.6) is 0 Å². The summed E-state index contributed by atoms with van der Waals surface area (Å²) in [5, 5.41) is 0.801. The lowest BCUT2D eigenvalue weighted by Crippen LogP contribution is -2.16. The van der Waals surface area contributed by atoms with E-state index in [4.69, 9.17) is 0 Å². The van der Waals surface area contributed by atoms with Crippen LogP contribution in [-0.2, 0) is 9.53 Å². The molecule has 1 N–H and O–H groups in total. The van der Waals surface area contributed by atoms with E-state index >= 15 is 0 Å². The van der Waals surface area contributed by atoms with Crippen LogP contribution >= 0.6 is 0 Å². The predicted molar refractivity (Wildman–Crippen MR) is 66.6 cm³/mol. The molecule has 0 spiro atoms. The van der Waals surface area contributed by atoms with Crippen molar-refractivity contribution in [3.8, 4) is 0 Å². The van der Waals surface area contributed by atoms with Gasteiger partial charge in [-0.1, -0.05) is 18.2 Å². The molecule has 18 heavy (non-hydrogen) atoms. The van der Waals surface area contributed by atoms with Crippen LogP contribution in [0.4, 0.5) is 0 Å². The molecule has 0 atom stereocenters. The van der Waals surface area contributed by atoms with Crippen LogP contribution in [0.15, 0.2) is 24.3 Å². The summed E-state index contributed by atoms with van der Waals surface area (Å²) in [7, 11) is 1.23. The van der Waals surface area contributed by atoms with Crippen molar-refractivity contribution in [1.82, 2.24) is 4.98 Å². The van der Waals surface area contributed by atoms with Crippen molar-refractivity contribution in [3.05, 3.63) is 35.5 Å². The van der Waals surface area contributed by atoms with E-state index in [1.165, 1.54) is 7.11 Å². The maximum absolute atomic E-state index is 12.1. The van der Waals surface area contributed by atoms with Crippen molar-refractivity contribution in [2.45, 2.75) is 18.8 Å². The highest BCUT2D eigenvalue weighted by Gasteiger charge is 2.33. The summed E-state index contributed by atoms with van der Waals surface area (Å²) in [5.41, 5.74) is 2.26. The first-order valence-electron chi connectivity index (χ1n) is 5.95. The number of fused-ring (bicyclic) bond motifs is 1. The van der Waals surface area contributed by atoms with E-state index in [2.05, 4.69) is 9.72 Å². The van der Waals surface area contributed by atoms with E-state index in [1.54, 1.807) is 0 Å². The van der Waals surface area contributed by atoms with E-state index in [0.29, 0.717) is 11.5 Å². The molecule has 0 unspecified atom stereocenters. The number of nitrogens with one attached hydrogen (secondary N) is 1. The zero-order valence-electron chi connectivity index (χ0n) is 10.0. The maximum atomic E-state index is 12.1. The second kappa shape index (κ2) is 3.98. The van der Waals surface area contributed by atoms with Crippen molar-refractivity contribution < 1.29 is 14.3 Å². The van der Waals surface area contributed by atoms with Crippen molar-refractivity contribution in [3.63, 3.8) is 0 Å². The number of ketones is 1. The number of aromatic nitrogens is 1. The molecule has 0 bridgehead atoms. The van der Waals surface area contributed by atoms with Crippen molar-refractivity contribution in [2.75, 3.05) is 7.11 Å². The average molecular weight is 243 g/mol. The SMILES string of the molecule is COC(=O)C(=O)c1c(C2CC2)[nH]c2ccccc12. The van der Waals surface area contributed by atoms with E-state index in [-0.39, 0.29) is 0 Å². The molecule has 4 heteroatoms. The molecule has 1 aromatic heterocycles. The summed E-state index contributed by atoms with van der Waals surface area (Å²) in [6, 6.07) is 7.53. The van der Waals surface area contributed by atoms with Crippen LogP contribution in [0.3, 0.4) is 0 Å². The van der Waals surface area contributed by atoms with Crippen LogP contribution in [0.1, 0.15) is 34.8 Å². The first-order chi connectivity index (χ1) is 8.72. The number of para-hydroxylation sites is 1. The van der Waals surface area contributed by atoms with Gasteiger partial charge in [0, 0.05) is 16.6 Å². The summed E-state index contributed by atoms with van der Waals surface area (Å²) in [6.45, 7) is 0. The second-order valence-electron chi connectivity index (χ2n) is 4.55. The monoisotopic (exact) mass is 243 g/mol. The van der Waals surface area contributed by atoms with Gasteiger partial charge in [-0.25, -0.2) is 4.79 Å². The Balaban J connectivity index is 2.21. The lowest BCUT2D eigenvalue weighted by Gasteiger charge is -2.01. The normalized spacial score (nSPS) is 14.7. The van der Waals surface area contributed by atoms with Gasteiger partial charge in [-0.3, -0.25) is 4.79 Å². The van der Waals surface area contributed by atoms with Crippen molar-refractivity contribution in [2.24, 2.45) is 0 Å². The number of carbonyl (C=O) groups is 2. The van der Waals surface area contributed by atoms with Gasteiger partial charge in [-0.2, -0.15) is 0 Å². The number of rotatable bonds is 3. The summed E-state index contributed by atoms with van der Waals surface area (Å²) in [4.78, 5) is 26.8. The Labute approximate surface area is 104 Å². The first-order valence-corrected chi connectivity index (χ1v) is 5.95. The predicted octanol–water partition coefficient (Wildman–Crippen LogP) is 2.40. The highest BCUT2D eigenvalue weighted by atomic mass is 16.5. The first kappa shape index (κ1) is 11.0. The lowest BCUT2D eigenvalue weighted by molar-refractivity contribution is -0.135. The van der Waals surface area contributed by atoms with Crippen LogP contribution in [0, 0.1) is 0 Å². The fourth-order valence-corrected chi connectivity index (χ4v) is 2.28. The quantitative estimate of drug-likeness (QED) is 0.511. The third-order valence-electron chi connectivity index (χ3n) is 3.32. The number of ether oxygens (including phenoxy) is 1. The molecule has 1 aliphatic rings. The molecule has 3 rings (SSSR count). The van der Waals surface area contributed by atoms with Gasteiger partial charge in [0.1, 0.15) is 0 Å². The lowest BCUT2D eigenvalue weighted by atomic mass is 10.0. The van der Waals surface area contributed by atoms with Gasteiger partial charge < -0.3 is 9.72 Å². The van der Waals surface area contributed by atoms with E-state index < -0.39 is 11.8 Å². The topological polar surface area (TPSA) is 59.2 Å². The molecule has 1 saturated carbocycles. The Morgan fingerprint density at radius 2 is 2.00 bits per heavy atom. The van der Waals surface area contributed by atoms with Gasteiger partial charge >= 0.3 is 5.97 Å². The molecule has 1 heterocycles. The molecule has 0 radical (unpaired) electrons. The molecule has 2 aromatic rings. The molecule has 1 fully saturated rings. The number of hydrogen-bond donors (Lipinski definition) is 1. The van der Waals surface area contributed by atoms with Gasteiger partial charge in [0.15, 0.2) is 0 Å². The fourth-order valence-electron chi connectivity index (χ4n) is 2.28.